The summed E-state index contributed by atoms with van der Waals surface area (Å²) < 4.78 is 5.13. The van der Waals surface area contributed by atoms with E-state index in [1.807, 2.05) is 54.6 Å². The molecule has 2 rings (SSSR count). The maximum atomic E-state index is 10.2. The molecule has 0 radical (unpaired) electrons. The summed E-state index contributed by atoms with van der Waals surface area (Å²) in [5.41, 5.74) is 8.24. The molecule has 148 valence electrons. The Morgan fingerprint density at radius 3 is 2.08 bits per heavy atom. The summed E-state index contributed by atoms with van der Waals surface area (Å²) in [5, 5.41) is 11.8. The number of methoxy groups -OCH3 is 1. The first-order chi connectivity index (χ1) is 11.1. The maximum Gasteiger partial charge on any atom is 0.118 e. The smallest absolute Gasteiger partial charge is 0.118 e. The monoisotopic (exact) mass is 423 g/mol. The van der Waals surface area contributed by atoms with Crippen molar-refractivity contribution in [1.82, 2.24) is 5.01 Å². The van der Waals surface area contributed by atoms with Crippen LogP contribution in [0.15, 0.2) is 54.6 Å². The number of aliphatic hydroxyl groups excluding tert-OH is 1. The number of benzene rings is 2. The Kier molecular flexibility index (Phi) is 14.7. The van der Waals surface area contributed by atoms with Gasteiger partial charge in [-0.1, -0.05) is 42.5 Å². The third-order valence-electron chi connectivity index (χ3n) is 3.77. The van der Waals surface area contributed by atoms with Crippen molar-refractivity contribution in [2.45, 2.75) is 25.1 Å². The quantitative estimate of drug-likeness (QED) is 0.448. The average molecular weight is 425 g/mol. The normalized spacial score (nSPS) is 12.2. The van der Waals surface area contributed by atoms with E-state index in [-0.39, 0.29) is 43.3 Å². The highest BCUT2D eigenvalue weighted by Gasteiger charge is 2.17. The Balaban J connectivity index is 0. The van der Waals surface area contributed by atoms with Crippen LogP contribution in [-0.2, 0) is 13.0 Å². The van der Waals surface area contributed by atoms with Crippen LogP contribution in [0.1, 0.15) is 11.1 Å². The zero-order chi connectivity index (χ0) is 16.7. The summed E-state index contributed by atoms with van der Waals surface area (Å²) in [7, 11) is 1.63. The molecule has 26 heavy (non-hydrogen) atoms. The highest BCUT2D eigenvalue weighted by Crippen LogP contribution is 2.12. The molecule has 0 aliphatic carbocycles. The largest absolute Gasteiger partial charge is 0.497 e. The predicted molar refractivity (Wildman–Crippen MR) is 113 cm³/mol. The standard InChI is InChI=1S/C18H25N3O2.3ClH/c1-23-16-9-7-15(8-10-16)12-21(20)13-18(22)17(19)11-14-5-3-2-4-6-14;;;/h2-10,17-18,22H,11-13,19-20H2,1H3;3*1H. The van der Waals surface area contributed by atoms with Gasteiger partial charge in [0.1, 0.15) is 5.75 Å². The topological polar surface area (TPSA) is 84.7 Å². The van der Waals surface area contributed by atoms with Crippen molar-refractivity contribution in [2.75, 3.05) is 13.7 Å². The van der Waals surface area contributed by atoms with E-state index in [9.17, 15) is 5.11 Å². The number of hydrogen-bond acceptors (Lipinski definition) is 5. The molecule has 0 aliphatic heterocycles. The van der Waals surface area contributed by atoms with Crippen LogP contribution in [0.3, 0.4) is 0 Å². The van der Waals surface area contributed by atoms with E-state index in [0.717, 1.165) is 16.9 Å². The van der Waals surface area contributed by atoms with E-state index in [2.05, 4.69) is 0 Å². The zero-order valence-electron chi connectivity index (χ0n) is 14.7. The second-order valence-electron chi connectivity index (χ2n) is 5.70. The second kappa shape index (κ2) is 14.1. The molecule has 0 saturated heterocycles. The van der Waals surface area contributed by atoms with Crippen LogP contribution in [0.5, 0.6) is 5.75 Å². The van der Waals surface area contributed by atoms with Gasteiger partial charge in [-0.25, -0.2) is 5.01 Å². The minimum absolute atomic E-state index is 0. The fourth-order valence-electron chi connectivity index (χ4n) is 2.43. The van der Waals surface area contributed by atoms with Crippen molar-refractivity contribution in [3.8, 4) is 5.75 Å². The van der Waals surface area contributed by atoms with Crippen LogP contribution in [0.2, 0.25) is 0 Å². The predicted octanol–water partition coefficient (Wildman–Crippen LogP) is 2.57. The minimum Gasteiger partial charge on any atom is -0.497 e. The number of rotatable bonds is 8. The number of nitrogens with zero attached hydrogens (tertiary/aromatic N) is 1. The number of ether oxygens (including phenoxy) is 1. The molecule has 5 nitrogen and oxygen atoms in total. The first-order valence-electron chi connectivity index (χ1n) is 7.68. The molecular formula is C18H28Cl3N3O2. The van der Waals surface area contributed by atoms with Gasteiger partial charge in [0.15, 0.2) is 0 Å². The Morgan fingerprint density at radius 2 is 1.54 bits per heavy atom. The van der Waals surface area contributed by atoms with Crippen LogP contribution >= 0.6 is 37.2 Å². The molecule has 2 aromatic carbocycles. The molecule has 2 aromatic rings. The summed E-state index contributed by atoms with van der Waals surface area (Å²) >= 11 is 0. The summed E-state index contributed by atoms with van der Waals surface area (Å²) in [6.45, 7) is 0.860. The molecule has 0 amide bonds. The van der Waals surface area contributed by atoms with Crippen LogP contribution in [0.25, 0.3) is 0 Å². The Bertz CT molecular complexity index is 588. The molecule has 0 fully saturated rings. The molecule has 5 N–H and O–H groups in total. The zero-order valence-corrected chi connectivity index (χ0v) is 17.1. The molecule has 0 heterocycles. The van der Waals surface area contributed by atoms with Gasteiger partial charge in [-0.2, -0.15) is 0 Å². The number of nitrogens with two attached hydrogens (primary N) is 2. The Morgan fingerprint density at radius 1 is 0.962 bits per heavy atom. The molecular weight excluding hydrogens is 397 g/mol. The Labute approximate surface area is 173 Å². The van der Waals surface area contributed by atoms with Crippen molar-refractivity contribution in [3.05, 3.63) is 65.7 Å². The van der Waals surface area contributed by atoms with Crippen molar-refractivity contribution >= 4 is 37.2 Å². The molecule has 8 heteroatoms. The van der Waals surface area contributed by atoms with E-state index in [4.69, 9.17) is 16.3 Å². The van der Waals surface area contributed by atoms with Crippen molar-refractivity contribution in [1.29, 1.82) is 0 Å². The highest BCUT2D eigenvalue weighted by molar-refractivity contribution is 5.86. The summed E-state index contributed by atoms with van der Waals surface area (Å²) in [4.78, 5) is 0. The minimum atomic E-state index is -0.682. The SMILES string of the molecule is COc1ccc(CN(N)CC(O)C(N)Cc2ccccc2)cc1.Cl.Cl.Cl. The third kappa shape index (κ3) is 9.05. The van der Waals surface area contributed by atoms with Gasteiger partial charge >= 0.3 is 0 Å². The van der Waals surface area contributed by atoms with E-state index in [1.165, 1.54) is 0 Å². The van der Waals surface area contributed by atoms with Crippen LogP contribution in [0.4, 0.5) is 0 Å². The van der Waals surface area contributed by atoms with Gasteiger partial charge in [0.2, 0.25) is 0 Å². The molecule has 0 saturated carbocycles. The van der Waals surface area contributed by atoms with Crippen molar-refractivity contribution in [2.24, 2.45) is 11.6 Å². The van der Waals surface area contributed by atoms with Crippen LogP contribution < -0.4 is 16.3 Å². The van der Waals surface area contributed by atoms with Crippen LogP contribution in [-0.4, -0.2) is 35.9 Å². The number of hydrogen-bond donors (Lipinski definition) is 3. The summed E-state index contributed by atoms with van der Waals surface area (Å²) in [5.74, 6) is 6.80. The van der Waals surface area contributed by atoms with Gasteiger partial charge in [0.05, 0.1) is 13.2 Å². The van der Waals surface area contributed by atoms with E-state index in [1.54, 1.807) is 12.1 Å². The summed E-state index contributed by atoms with van der Waals surface area (Å²) in [6.07, 6.45) is -0.0586. The van der Waals surface area contributed by atoms with Gasteiger partial charge in [-0.05, 0) is 29.7 Å². The first-order valence-corrected chi connectivity index (χ1v) is 7.68. The molecule has 2 unspecified atom stereocenters. The lowest BCUT2D eigenvalue weighted by atomic mass is 10.0. The van der Waals surface area contributed by atoms with E-state index in [0.29, 0.717) is 19.5 Å². The lowest BCUT2D eigenvalue weighted by molar-refractivity contribution is 0.0877. The number of halogens is 3. The van der Waals surface area contributed by atoms with Gasteiger partial charge < -0.3 is 15.6 Å². The Hall–Kier alpha value is -1.05. The second-order valence-corrected chi connectivity index (χ2v) is 5.70. The third-order valence-corrected chi connectivity index (χ3v) is 3.77. The lowest BCUT2D eigenvalue weighted by Crippen LogP contribution is -2.46. The molecule has 2 atom stereocenters. The van der Waals surface area contributed by atoms with Gasteiger partial charge in [-0.3, -0.25) is 5.84 Å². The number of hydrazine groups is 1. The lowest BCUT2D eigenvalue weighted by Gasteiger charge is -2.24. The van der Waals surface area contributed by atoms with Gasteiger partial charge in [0, 0.05) is 19.1 Å². The van der Waals surface area contributed by atoms with E-state index >= 15 is 0 Å². The fraction of sp³-hybridized carbons (Fsp3) is 0.333. The van der Waals surface area contributed by atoms with Gasteiger partial charge in [-0.15, -0.1) is 37.2 Å². The molecule has 0 bridgehead atoms. The van der Waals surface area contributed by atoms with Crippen molar-refractivity contribution < 1.29 is 9.84 Å². The number of aliphatic hydroxyl groups is 1. The fourth-order valence-corrected chi connectivity index (χ4v) is 2.43. The first kappa shape index (κ1) is 27.2. The molecule has 0 aromatic heterocycles. The maximum absolute atomic E-state index is 10.2. The van der Waals surface area contributed by atoms with Gasteiger partial charge in [0.25, 0.3) is 0 Å². The van der Waals surface area contributed by atoms with E-state index < -0.39 is 6.10 Å². The molecule has 0 spiro atoms. The van der Waals surface area contributed by atoms with Crippen LogP contribution in [0, 0.1) is 0 Å². The van der Waals surface area contributed by atoms with Crippen molar-refractivity contribution in [3.63, 3.8) is 0 Å². The highest BCUT2D eigenvalue weighted by atomic mass is 35.5. The average Bonchev–Trinajstić information content (AvgIpc) is 2.56. The molecule has 0 aliphatic rings. The summed E-state index contributed by atoms with van der Waals surface area (Å²) in [6, 6.07) is 17.2.